The van der Waals surface area contributed by atoms with Gasteiger partial charge >= 0.3 is 0 Å². The monoisotopic (exact) mass is 392 g/mol. The highest BCUT2D eigenvalue weighted by atomic mass is 32.1. The fourth-order valence-corrected chi connectivity index (χ4v) is 3.71. The molecule has 0 fully saturated rings. The van der Waals surface area contributed by atoms with Crippen LogP contribution in [0.15, 0.2) is 53.6 Å². The van der Waals surface area contributed by atoms with Crippen molar-refractivity contribution in [2.45, 2.75) is 26.2 Å². The molecule has 4 rings (SSSR count). The third-order valence-corrected chi connectivity index (χ3v) is 5.26. The van der Waals surface area contributed by atoms with Gasteiger partial charge in [-0.2, -0.15) is 9.50 Å². The Morgan fingerprint density at radius 1 is 1.18 bits per heavy atom. The largest absolute Gasteiger partial charge is 0.494 e. The number of ether oxygens (including phenoxy) is 1. The van der Waals surface area contributed by atoms with Crippen molar-refractivity contribution in [3.05, 3.63) is 69.2 Å². The zero-order valence-electron chi connectivity index (χ0n) is 15.5. The van der Waals surface area contributed by atoms with E-state index in [1.54, 1.807) is 12.4 Å². The van der Waals surface area contributed by atoms with Crippen LogP contribution in [-0.4, -0.2) is 26.2 Å². The standard InChI is InChI=1S/C21H20N4O2S/c1-2-3-4-12-27-17-9-7-15(8-10-17)13-18-20(26)25-21(28-18)23-19(24-25)16-6-5-11-22-14-16/h5-11,13-14H,2-4,12H2,1H3. The maximum Gasteiger partial charge on any atom is 0.291 e. The minimum atomic E-state index is -0.164. The topological polar surface area (TPSA) is 69.4 Å². The van der Waals surface area contributed by atoms with Crippen molar-refractivity contribution in [3.8, 4) is 17.1 Å². The molecule has 0 atom stereocenters. The Hall–Kier alpha value is -3.06. The van der Waals surface area contributed by atoms with E-state index in [0.717, 1.165) is 29.9 Å². The molecule has 28 heavy (non-hydrogen) atoms. The minimum absolute atomic E-state index is 0.164. The van der Waals surface area contributed by atoms with Crippen LogP contribution in [0, 0.1) is 0 Å². The Labute approximate surface area is 166 Å². The lowest BCUT2D eigenvalue weighted by Crippen LogP contribution is -2.23. The summed E-state index contributed by atoms with van der Waals surface area (Å²) in [6.45, 7) is 2.90. The first-order valence-corrected chi connectivity index (χ1v) is 10.1. The second-order valence-electron chi connectivity index (χ2n) is 6.41. The summed E-state index contributed by atoms with van der Waals surface area (Å²) in [5, 5.41) is 4.33. The first kappa shape index (κ1) is 18.3. The molecule has 0 N–H and O–H groups in total. The van der Waals surface area contributed by atoms with Crippen molar-refractivity contribution in [2.24, 2.45) is 0 Å². The molecule has 0 amide bonds. The summed E-state index contributed by atoms with van der Waals surface area (Å²) in [5.74, 6) is 1.35. The minimum Gasteiger partial charge on any atom is -0.494 e. The predicted molar refractivity (Wildman–Crippen MR) is 111 cm³/mol. The van der Waals surface area contributed by atoms with Crippen LogP contribution in [0.2, 0.25) is 0 Å². The SMILES string of the molecule is CCCCCOc1ccc(C=c2sc3nc(-c4cccnc4)nn3c2=O)cc1. The van der Waals surface area contributed by atoms with Gasteiger partial charge in [0.25, 0.3) is 5.56 Å². The maximum atomic E-state index is 12.6. The van der Waals surface area contributed by atoms with Gasteiger partial charge in [0.05, 0.1) is 11.1 Å². The molecule has 7 heteroatoms. The lowest BCUT2D eigenvalue weighted by atomic mass is 10.2. The smallest absolute Gasteiger partial charge is 0.291 e. The molecule has 0 saturated carbocycles. The third kappa shape index (κ3) is 3.94. The van der Waals surface area contributed by atoms with Crippen LogP contribution in [0.3, 0.4) is 0 Å². The van der Waals surface area contributed by atoms with E-state index in [2.05, 4.69) is 22.0 Å². The van der Waals surface area contributed by atoms with Crippen molar-refractivity contribution in [3.63, 3.8) is 0 Å². The molecule has 142 valence electrons. The van der Waals surface area contributed by atoms with Crippen LogP contribution in [0.25, 0.3) is 22.4 Å². The highest BCUT2D eigenvalue weighted by molar-refractivity contribution is 7.15. The Balaban J connectivity index is 1.55. The highest BCUT2D eigenvalue weighted by Crippen LogP contribution is 2.16. The van der Waals surface area contributed by atoms with Gasteiger partial charge in [-0.15, -0.1) is 5.10 Å². The van der Waals surface area contributed by atoms with Crippen LogP contribution in [0.1, 0.15) is 31.7 Å². The molecule has 0 spiro atoms. The molecule has 4 aromatic rings. The summed E-state index contributed by atoms with van der Waals surface area (Å²) >= 11 is 1.33. The second-order valence-corrected chi connectivity index (χ2v) is 7.42. The lowest BCUT2D eigenvalue weighted by molar-refractivity contribution is 0.306. The van der Waals surface area contributed by atoms with E-state index in [1.165, 1.54) is 28.7 Å². The van der Waals surface area contributed by atoms with E-state index in [-0.39, 0.29) is 5.56 Å². The van der Waals surface area contributed by atoms with Crippen LogP contribution in [0.5, 0.6) is 5.75 Å². The average molecular weight is 392 g/mol. The van der Waals surface area contributed by atoms with Gasteiger partial charge in [0, 0.05) is 18.0 Å². The molecule has 0 bridgehead atoms. The van der Waals surface area contributed by atoms with Crippen molar-refractivity contribution in [2.75, 3.05) is 6.61 Å². The second kappa shape index (κ2) is 8.31. The van der Waals surface area contributed by atoms with Gasteiger partial charge in [0.2, 0.25) is 4.96 Å². The predicted octanol–water partition coefficient (Wildman–Crippen LogP) is 3.33. The highest BCUT2D eigenvalue weighted by Gasteiger charge is 2.11. The van der Waals surface area contributed by atoms with E-state index in [4.69, 9.17) is 4.74 Å². The zero-order chi connectivity index (χ0) is 19.3. The summed E-state index contributed by atoms with van der Waals surface area (Å²) in [4.78, 5) is 21.7. The van der Waals surface area contributed by atoms with Gasteiger partial charge in [0.15, 0.2) is 5.82 Å². The van der Waals surface area contributed by atoms with Crippen molar-refractivity contribution >= 4 is 22.4 Å². The number of rotatable bonds is 7. The van der Waals surface area contributed by atoms with Gasteiger partial charge in [-0.1, -0.05) is 43.2 Å². The lowest BCUT2D eigenvalue weighted by Gasteiger charge is -2.05. The quantitative estimate of drug-likeness (QED) is 0.451. The zero-order valence-corrected chi connectivity index (χ0v) is 16.4. The number of hydrogen-bond donors (Lipinski definition) is 0. The van der Waals surface area contributed by atoms with E-state index in [0.29, 0.717) is 15.3 Å². The number of nitrogens with zero attached hydrogens (tertiary/aromatic N) is 4. The molecule has 0 aliphatic carbocycles. The summed E-state index contributed by atoms with van der Waals surface area (Å²) in [6.07, 6.45) is 8.64. The third-order valence-electron chi connectivity index (χ3n) is 4.30. The molecule has 3 heterocycles. The van der Waals surface area contributed by atoms with Gasteiger partial charge in [-0.25, -0.2) is 0 Å². The average Bonchev–Trinajstić information content (AvgIpc) is 3.27. The Kier molecular flexibility index (Phi) is 5.43. The van der Waals surface area contributed by atoms with Gasteiger partial charge in [0.1, 0.15) is 5.75 Å². The number of unbranched alkanes of at least 4 members (excludes halogenated alkanes) is 2. The molecule has 0 aliphatic heterocycles. The summed E-state index contributed by atoms with van der Waals surface area (Å²) in [5.41, 5.74) is 1.57. The number of aromatic nitrogens is 4. The Morgan fingerprint density at radius 3 is 2.75 bits per heavy atom. The van der Waals surface area contributed by atoms with Gasteiger partial charge < -0.3 is 4.74 Å². The Bertz CT molecular complexity index is 1170. The maximum absolute atomic E-state index is 12.6. The van der Waals surface area contributed by atoms with E-state index in [1.807, 2.05) is 42.5 Å². The molecule has 0 radical (unpaired) electrons. The van der Waals surface area contributed by atoms with Crippen molar-refractivity contribution in [1.29, 1.82) is 0 Å². The van der Waals surface area contributed by atoms with Crippen LogP contribution in [-0.2, 0) is 0 Å². The molecular formula is C21H20N4O2S. The molecule has 0 aliphatic rings. The fraction of sp³-hybridized carbons (Fsp3) is 0.238. The van der Waals surface area contributed by atoms with Crippen LogP contribution in [0.4, 0.5) is 0 Å². The van der Waals surface area contributed by atoms with Crippen molar-refractivity contribution in [1.82, 2.24) is 19.6 Å². The first-order valence-electron chi connectivity index (χ1n) is 9.29. The molecule has 6 nitrogen and oxygen atoms in total. The number of pyridine rings is 1. The number of hydrogen-bond acceptors (Lipinski definition) is 6. The van der Waals surface area contributed by atoms with Gasteiger partial charge in [-0.05, 0) is 42.3 Å². The fourth-order valence-electron chi connectivity index (χ4n) is 2.80. The number of benzene rings is 1. The van der Waals surface area contributed by atoms with Crippen molar-refractivity contribution < 1.29 is 4.74 Å². The molecule has 0 saturated heterocycles. The number of thiazole rings is 1. The normalized spacial score (nSPS) is 12.0. The first-order chi connectivity index (χ1) is 13.7. The van der Waals surface area contributed by atoms with E-state index >= 15 is 0 Å². The van der Waals surface area contributed by atoms with Crippen LogP contribution >= 0.6 is 11.3 Å². The number of fused-ring (bicyclic) bond motifs is 1. The van der Waals surface area contributed by atoms with E-state index in [9.17, 15) is 4.79 Å². The molecule has 1 aromatic carbocycles. The Morgan fingerprint density at radius 2 is 2.04 bits per heavy atom. The summed E-state index contributed by atoms with van der Waals surface area (Å²) in [6, 6.07) is 11.4. The molecule has 0 unspecified atom stereocenters. The molecular weight excluding hydrogens is 372 g/mol. The van der Waals surface area contributed by atoms with Crippen LogP contribution < -0.4 is 14.8 Å². The van der Waals surface area contributed by atoms with E-state index < -0.39 is 0 Å². The molecule has 3 aromatic heterocycles. The summed E-state index contributed by atoms with van der Waals surface area (Å²) < 4.78 is 7.68. The van der Waals surface area contributed by atoms with Gasteiger partial charge in [-0.3, -0.25) is 9.78 Å². The summed E-state index contributed by atoms with van der Waals surface area (Å²) in [7, 11) is 0.